The van der Waals surface area contributed by atoms with Crippen LogP contribution in [-0.4, -0.2) is 19.2 Å². The maximum absolute atomic E-state index is 13.0. The number of benzene rings is 2. The van der Waals surface area contributed by atoms with Crippen LogP contribution in [0.5, 0.6) is 11.5 Å². The average molecular weight is 387 g/mol. The number of ether oxygens (including phenoxy) is 2. The minimum Gasteiger partial charge on any atom is -0.454 e. The van der Waals surface area contributed by atoms with Crippen molar-refractivity contribution >= 4 is 23.2 Å². The third kappa shape index (κ3) is 4.32. The van der Waals surface area contributed by atoms with Crippen molar-refractivity contribution in [1.29, 1.82) is 0 Å². The van der Waals surface area contributed by atoms with Gasteiger partial charge in [0.2, 0.25) is 12.7 Å². The van der Waals surface area contributed by atoms with Gasteiger partial charge in [-0.05, 0) is 35.9 Å². The minimum absolute atomic E-state index is 0.0323. The van der Waals surface area contributed by atoms with Crippen molar-refractivity contribution < 1.29 is 27.4 Å². The summed E-state index contributed by atoms with van der Waals surface area (Å²) in [6.45, 7) is 0.0524. The van der Waals surface area contributed by atoms with Gasteiger partial charge in [0.25, 0.3) is 0 Å². The molecule has 0 saturated carbocycles. The van der Waals surface area contributed by atoms with Crippen LogP contribution >= 0.6 is 11.6 Å². The van der Waals surface area contributed by atoms with Gasteiger partial charge in [-0.1, -0.05) is 17.7 Å². The van der Waals surface area contributed by atoms with Gasteiger partial charge in [0.15, 0.2) is 11.5 Å². The fourth-order valence-corrected chi connectivity index (χ4v) is 2.57. The molecule has 0 fully saturated rings. The van der Waals surface area contributed by atoms with Gasteiger partial charge in [-0.2, -0.15) is 13.2 Å². The molecule has 0 aliphatic carbocycles. The van der Waals surface area contributed by atoms with Crippen molar-refractivity contribution in [3.05, 3.63) is 52.5 Å². The number of rotatable bonds is 5. The third-order valence-electron chi connectivity index (χ3n) is 3.65. The Kier molecular flexibility index (Phi) is 5.13. The highest BCUT2D eigenvalue weighted by molar-refractivity contribution is 6.30. The van der Waals surface area contributed by atoms with Gasteiger partial charge >= 0.3 is 6.18 Å². The maximum Gasteiger partial charge on any atom is 0.418 e. The molecule has 2 N–H and O–H groups in total. The van der Waals surface area contributed by atoms with Gasteiger partial charge in [0.1, 0.15) is 0 Å². The highest BCUT2D eigenvalue weighted by Crippen LogP contribution is 2.36. The molecule has 1 amide bonds. The van der Waals surface area contributed by atoms with Crippen molar-refractivity contribution in [1.82, 2.24) is 5.32 Å². The number of hydrogen-bond acceptors (Lipinski definition) is 4. The van der Waals surface area contributed by atoms with Gasteiger partial charge in [-0.15, -0.1) is 0 Å². The summed E-state index contributed by atoms with van der Waals surface area (Å²) in [6, 6.07) is 8.55. The van der Waals surface area contributed by atoms with Crippen LogP contribution in [0, 0.1) is 0 Å². The van der Waals surface area contributed by atoms with E-state index in [1.807, 2.05) is 0 Å². The predicted octanol–water partition coefficient (Wildman–Crippen LogP) is 3.82. The quantitative estimate of drug-likeness (QED) is 0.820. The number of alkyl halides is 3. The molecule has 0 saturated heterocycles. The van der Waals surface area contributed by atoms with E-state index < -0.39 is 17.6 Å². The molecular formula is C17H14ClF3N2O3. The Bertz CT molecular complexity index is 827. The molecule has 1 heterocycles. The molecule has 2 aromatic carbocycles. The SMILES string of the molecule is O=C(CNc1ccc(Cl)cc1C(F)(F)F)NCc1ccc2c(c1)OCO2. The lowest BCUT2D eigenvalue weighted by atomic mass is 10.1. The molecule has 0 atom stereocenters. The molecule has 0 spiro atoms. The van der Waals surface area contributed by atoms with Crippen LogP contribution < -0.4 is 20.1 Å². The highest BCUT2D eigenvalue weighted by Gasteiger charge is 2.33. The summed E-state index contributed by atoms with van der Waals surface area (Å²) in [4.78, 5) is 11.9. The van der Waals surface area contributed by atoms with Gasteiger partial charge in [-0.3, -0.25) is 4.79 Å². The highest BCUT2D eigenvalue weighted by atomic mass is 35.5. The molecule has 0 bridgehead atoms. The van der Waals surface area contributed by atoms with E-state index in [1.165, 1.54) is 12.1 Å². The lowest BCUT2D eigenvalue weighted by Gasteiger charge is -2.15. The summed E-state index contributed by atoms with van der Waals surface area (Å²) < 4.78 is 49.5. The summed E-state index contributed by atoms with van der Waals surface area (Å²) in [7, 11) is 0. The Balaban J connectivity index is 1.56. The lowest BCUT2D eigenvalue weighted by Crippen LogP contribution is -2.29. The first-order valence-corrected chi connectivity index (χ1v) is 7.96. The number of carbonyl (C=O) groups is 1. The summed E-state index contributed by atoms with van der Waals surface area (Å²) in [5.74, 6) is 0.765. The zero-order valence-electron chi connectivity index (χ0n) is 13.3. The molecule has 9 heteroatoms. The van der Waals surface area contributed by atoms with Gasteiger partial charge < -0.3 is 20.1 Å². The number of hydrogen-bond donors (Lipinski definition) is 2. The molecule has 5 nitrogen and oxygen atoms in total. The number of fused-ring (bicyclic) bond motifs is 1. The van der Waals surface area contributed by atoms with E-state index in [1.54, 1.807) is 18.2 Å². The number of amides is 1. The summed E-state index contributed by atoms with van der Waals surface area (Å²) >= 11 is 5.62. The topological polar surface area (TPSA) is 59.6 Å². The second kappa shape index (κ2) is 7.33. The van der Waals surface area contributed by atoms with Crippen LogP contribution in [0.2, 0.25) is 5.02 Å². The zero-order chi connectivity index (χ0) is 18.7. The van der Waals surface area contributed by atoms with E-state index in [9.17, 15) is 18.0 Å². The predicted molar refractivity (Wildman–Crippen MR) is 89.4 cm³/mol. The Morgan fingerprint density at radius 1 is 1.12 bits per heavy atom. The normalized spacial score (nSPS) is 12.8. The van der Waals surface area contributed by atoms with E-state index in [2.05, 4.69) is 10.6 Å². The van der Waals surface area contributed by atoms with Crippen LogP contribution in [0.25, 0.3) is 0 Å². The monoisotopic (exact) mass is 386 g/mol. The smallest absolute Gasteiger partial charge is 0.418 e. The second-order valence-electron chi connectivity index (χ2n) is 5.51. The molecule has 0 radical (unpaired) electrons. The lowest BCUT2D eigenvalue weighted by molar-refractivity contribution is -0.137. The Labute approximate surface area is 152 Å². The second-order valence-corrected chi connectivity index (χ2v) is 5.94. The first-order chi connectivity index (χ1) is 12.3. The van der Waals surface area contributed by atoms with E-state index in [-0.39, 0.29) is 30.6 Å². The molecule has 0 aromatic heterocycles. The van der Waals surface area contributed by atoms with E-state index in [4.69, 9.17) is 21.1 Å². The number of halogens is 4. The first-order valence-electron chi connectivity index (χ1n) is 7.59. The van der Waals surface area contributed by atoms with E-state index >= 15 is 0 Å². The molecule has 1 aliphatic rings. The van der Waals surface area contributed by atoms with Crippen LogP contribution in [0.1, 0.15) is 11.1 Å². The fraction of sp³-hybridized carbons (Fsp3) is 0.235. The number of anilines is 1. The van der Waals surface area contributed by atoms with Crippen LogP contribution in [0.15, 0.2) is 36.4 Å². The Morgan fingerprint density at radius 2 is 1.88 bits per heavy atom. The minimum atomic E-state index is -4.57. The number of carbonyl (C=O) groups excluding carboxylic acids is 1. The number of nitrogens with one attached hydrogen (secondary N) is 2. The van der Waals surface area contributed by atoms with Gasteiger partial charge in [0.05, 0.1) is 12.1 Å². The summed E-state index contributed by atoms with van der Waals surface area (Å²) in [5, 5.41) is 5.08. The molecular weight excluding hydrogens is 373 g/mol. The standard InChI is InChI=1S/C17H14ClF3N2O3/c18-11-2-3-13(12(6-11)17(19,20)21)22-8-16(24)23-7-10-1-4-14-15(5-10)26-9-25-14/h1-6,22H,7-9H2,(H,23,24). The van der Waals surface area contributed by atoms with Crippen molar-refractivity contribution in [3.8, 4) is 11.5 Å². The Morgan fingerprint density at radius 3 is 2.65 bits per heavy atom. The molecule has 138 valence electrons. The third-order valence-corrected chi connectivity index (χ3v) is 3.89. The molecule has 0 unspecified atom stereocenters. The van der Waals surface area contributed by atoms with Crippen molar-refractivity contribution in [3.63, 3.8) is 0 Å². The molecule has 2 aromatic rings. The van der Waals surface area contributed by atoms with E-state index in [0.717, 1.165) is 11.6 Å². The van der Waals surface area contributed by atoms with Crippen molar-refractivity contribution in [2.75, 3.05) is 18.7 Å². The zero-order valence-corrected chi connectivity index (χ0v) is 14.1. The molecule has 1 aliphatic heterocycles. The van der Waals surface area contributed by atoms with E-state index in [0.29, 0.717) is 11.5 Å². The maximum atomic E-state index is 13.0. The average Bonchev–Trinajstić information content (AvgIpc) is 3.05. The summed E-state index contributed by atoms with van der Waals surface area (Å²) in [5.41, 5.74) is -0.348. The van der Waals surface area contributed by atoms with Crippen molar-refractivity contribution in [2.24, 2.45) is 0 Å². The largest absolute Gasteiger partial charge is 0.454 e. The first kappa shape index (κ1) is 18.2. The molecule has 3 rings (SSSR count). The Hall–Kier alpha value is -2.61. The van der Waals surface area contributed by atoms with Gasteiger partial charge in [0, 0.05) is 17.3 Å². The van der Waals surface area contributed by atoms with Crippen molar-refractivity contribution in [2.45, 2.75) is 12.7 Å². The van der Waals surface area contributed by atoms with Gasteiger partial charge in [-0.25, -0.2) is 0 Å². The fourth-order valence-electron chi connectivity index (χ4n) is 2.39. The van der Waals surface area contributed by atoms with Crippen LogP contribution in [-0.2, 0) is 17.5 Å². The summed E-state index contributed by atoms with van der Waals surface area (Å²) in [6.07, 6.45) is -4.57. The molecule has 26 heavy (non-hydrogen) atoms. The van der Waals surface area contributed by atoms with Crippen LogP contribution in [0.3, 0.4) is 0 Å². The van der Waals surface area contributed by atoms with Crippen LogP contribution in [0.4, 0.5) is 18.9 Å².